The number of para-hydroxylation sites is 2. The van der Waals surface area contributed by atoms with E-state index in [1.54, 1.807) is 0 Å². The Balaban J connectivity index is 1.27. The van der Waals surface area contributed by atoms with E-state index in [9.17, 15) is 0 Å². The molecule has 0 heterocycles. The maximum Gasteiger partial charge on any atom is 0.0556 e. The standard InChI is InChI=1S/C56H60N2/c1-53(2,3)45-33-41(57(37-23-15-11-16-24-37)38-25-17-12-18-26-38)35-47-49(45)43-31-32-44-50-46(54(4,5)6)34-42(36-48(50)56(9,10)52(44)51(43)55(47,7)8)58(39-27-19-13-20-28-39)40-29-21-14-22-30-40/h11-21,23-27,29,31-36,39H,22,28,30H2,1-10H3. The first-order valence-corrected chi connectivity index (χ1v) is 21.5. The zero-order valence-corrected chi connectivity index (χ0v) is 36.4. The van der Waals surface area contributed by atoms with Gasteiger partial charge in [-0.1, -0.05) is 154 Å². The molecule has 294 valence electrons. The average molecular weight is 761 g/mol. The molecular formula is C56H60N2. The average Bonchev–Trinajstić information content (AvgIpc) is 3.57. The number of nitrogens with zero attached hydrogens (tertiary/aromatic N) is 2. The van der Waals surface area contributed by atoms with Crippen molar-refractivity contribution >= 4 is 22.7 Å². The van der Waals surface area contributed by atoms with E-state index in [0.717, 1.165) is 19.3 Å². The van der Waals surface area contributed by atoms with Crippen molar-refractivity contribution in [2.45, 2.75) is 116 Å². The molecule has 9 rings (SSSR count). The van der Waals surface area contributed by atoms with Crippen LogP contribution in [0.25, 0.3) is 22.3 Å². The lowest BCUT2D eigenvalue weighted by Crippen LogP contribution is -2.34. The smallest absolute Gasteiger partial charge is 0.0556 e. The topological polar surface area (TPSA) is 6.48 Å². The molecule has 0 saturated heterocycles. The summed E-state index contributed by atoms with van der Waals surface area (Å²) in [5, 5.41) is 0. The minimum atomic E-state index is -0.236. The van der Waals surface area contributed by atoms with Crippen LogP contribution in [0.4, 0.5) is 22.7 Å². The molecule has 0 spiro atoms. The van der Waals surface area contributed by atoms with Gasteiger partial charge in [0.05, 0.1) is 6.04 Å². The lowest BCUT2D eigenvalue weighted by molar-refractivity contribution is 0.583. The Labute approximate surface area is 348 Å². The summed E-state index contributed by atoms with van der Waals surface area (Å²) in [7, 11) is 0. The van der Waals surface area contributed by atoms with Crippen LogP contribution < -0.4 is 9.80 Å². The van der Waals surface area contributed by atoms with Crippen molar-refractivity contribution in [2.24, 2.45) is 0 Å². The first kappa shape index (κ1) is 38.2. The Kier molecular flexibility index (Phi) is 8.97. The van der Waals surface area contributed by atoms with Crippen molar-refractivity contribution in [2.75, 3.05) is 9.80 Å². The van der Waals surface area contributed by atoms with Crippen molar-refractivity contribution in [1.82, 2.24) is 0 Å². The van der Waals surface area contributed by atoms with E-state index in [4.69, 9.17) is 0 Å². The van der Waals surface area contributed by atoms with Crippen molar-refractivity contribution in [3.05, 3.63) is 179 Å². The fraction of sp³-hybridized carbons (Fsp3) is 0.321. The van der Waals surface area contributed by atoms with Crippen LogP contribution in [-0.4, -0.2) is 6.04 Å². The molecule has 0 saturated carbocycles. The maximum absolute atomic E-state index is 2.66. The number of rotatable bonds is 6. The Morgan fingerprint density at radius 1 is 0.552 bits per heavy atom. The third-order valence-electron chi connectivity index (χ3n) is 13.4. The Morgan fingerprint density at radius 2 is 1.07 bits per heavy atom. The van der Waals surface area contributed by atoms with Gasteiger partial charge < -0.3 is 9.80 Å². The second-order valence-corrected chi connectivity index (χ2v) is 20.1. The molecule has 1 atom stereocenters. The fourth-order valence-electron chi connectivity index (χ4n) is 10.6. The summed E-state index contributed by atoms with van der Waals surface area (Å²) in [4.78, 5) is 5.10. The van der Waals surface area contributed by atoms with Crippen LogP contribution >= 0.6 is 0 Å². The van der Waals surface area contributed by atoms with Crippen molar-refractivity contribution < 1.29 is 0 Å². The highest BCUT2D eigenvalue weighted by Crippen LogP contribution is 2.62. The summed E-state index contributed by atoms with van der Waals surface area (Å²) in [6.07, 6.45) is 19.2. The molecule has 4 aliphatic rings. The molecule has 58 heavy (non-hydrogen) atoms. The molecule has 4 aliphatic carbocycles. The summed E-state index contributed by atoms with van der Waals surface area (Å²) in [5.74, 6) is 0. The molecule has 1 unspecified atom stereocenters. The molecular weight excluding hydrogens is 701 g/mol. The van der Waals surface area contributed by atoms with Gasteiger partial charge in [0.2, 0.25) is 0 Å². The van der Waals surface area contributed by atoms with Gasteiger partial charge in [0.1, 0.15) is 0 Å². The van der Waals surface area contributed by atoms with Crippen LogP contribution in [0.2, 0.25) is 0 Å². The van der Waals surface area contributed by atoms with Crippen molar-refractivity contribution in [1.29, 1.82) is 0 Å². The van der Waals surface area contributed by atoms with Gasteiger partial charge >= 0.3 is 0 Å². The van der Waals surface area contributed by atoms with Gasteiger partial charge in [-0.25, -0.2) is 0 Å². The lowest BCUT2D eigenvalue weighted by atomic mass is 9.72. The molecule has 2 nitrogen and oxygen atoms in total. The van der Waals surface area contributed by atoms with E-state index in [1.165, 1.54) is 84.1 Å². The van der Waals surface area contributed by atoms with E-state index < -0.39 is 0 Å². The normalized spacial score (nSPS) is 18.3. The SMILES string of the molecule is CC(C)(C)c1cc(N(c2ccccc2)c2ccccc2)cc2c1-c1ccc3c(c1C2(C)C)C(C)(C)c1cc(N(C2=CC=CCC2)C2C=CC=CC2)cc(C(C)(C)C)c1-3. The van der Waals surface area contributed by atoms with Gasteiger partial charge in [-0.3, -0.25) is 0 Å². The molecule has 0 fully saturated rings. The van der Waals surface area contributed by atoms with Crippen LogP contribution in [0, 0.1) is 0 Å². The second kappa shape index (κ2) is 13.6. The predicted molar refractivity (Wildman–Crippen MR) is 249 cm³/mol. The molecule has 0 aliphatic heterocycles. The van der Waals surface area contributed by atoms with E-state index in [0.29, 0.717) is 0 Å². The number of fused-ring (bicyclic) bond motifs is 7. The summed E-state index contributed by atoms with van der Waals surface area (Å²) in [6, 6.07) is 37.1. The number of hydrogen-bond donors (Lipinski definition) is 0. The molecule has 0 bridgehead atoms. The lowest BCUT2D eigenvalue weighted by Gasteiger charge is -2.37. The summed E-state index contributed by atoms with van der Waals surface area (Å²) >= 11 is 0. The largest absolute Gasteiger partial charge is 0.338 e. The molecule has 0 amide bonds. The molecule has 0 N–H and O–H groups in total. The van der Waals surface area contributed by atoms with Gasteiger partial charge in [0.25, 0.3) is 0 Å². The number of hydrogen-bond acceptors (Lipinski definition) is 2. The third-order valence-corrected chi connectivity index (χ3v) is 13.4. The van der Waals surface area contributed by atoms with E-state index in [2.05, 4.69) is 219 Å². The third kappa shape index (κ3) is 6.05. The van der Waals surface area contributed by atoms with E-state index in [-0.39, 0.29) is 27.7 Å². The number of allylic oxidation sites excluding steroid dienone is 6. The molecule has 0 aromatic heterocycles. The number of benzene rings is 5. The van der Waals surface area contributed by atoms with Crippen molar-refractivity contribution in [3.63, 3.8) is 0 Å². The Morgan fingerprint density at radius 3 is 1.53 bits per heavy atom. The highest BCUT2D eigenvalue weighted by molar-refractivity contribution is 5.96. The first-order valence-electron chi connectivity index (χ1n) is 21.5. The van der Waals surface area contributed by atoms with Gasteiger partial charge in [0, 0.05) is 39.3 Å². The molecule has 2 heteroatoms. The van der Waals surface area contributed by atoms with Gasteiger partial charge in [-0.15, -0.1) is 0 Å². The molecule has 0 radical (unpaired) electrons. The van der Waals surface area contributed by atoms with Gasteiger partial charge in [-0.05, 0) is 140 Å². The number of anilines is 4. The van der Waals surface area contributed by atoms with Crippen LogP contribution in [-0.2, 0) is 21.7 Å². The maximum atomic E-state index is 2.66. The van der Waals surface area contributed by atoms with E-state index in [1.807, 2.05) is 0 Å². The first-order chi connectivity index (χ1) is 27.6. The van der Waals surface area contributed by atoms with Crippen LogP contribution in [0.5, 0.6) is 0 Å². The molecule has 5 aromatic carbocycles. The second-order valence-electron chi connectivity index (χ2n) is 20.1. The predicted octanol–water partition coefficient (Wildman–Crippen LogP) is 15.3. The minimum absolute atomic E-state index is 0.0588. The quantitative estimate of drug-likeness (QED) is 0.170. The monoisotopic (exact) mass is 760 g/mol. The van der Waals surface area contributed by atoms with Crippen molar-refractivity contribution in [3.8, 4) is 22.3 Å². The highest BCUT2D eigenvalue weighted by Gasteiger charge is 2.48. The fourth-order valence-corrected chi connectivity index (χ4v) is 10.6. The van der Waals surface area contributed by atoms with E-state index >= 15 is 0 Å². The van der Waals surface area contributed by atoms with Crippen LogP contribution in [0.15, 0.2) is 145 Å². The zero-order chi connectivity index (χ0) is 40.8. The Bertz CT molecular complexity index is 2500. The van der Waals surface area contributed by atoms with Crippen LogP contribution in [0.1, 0.15) is 122 Å². The molecule has 5 aromatic rings. The van der Waals surface area contributed by atoms with Crippen LogP contribution in [0.3, 0.4) is 0 Å². The zero-order valence-electron chi connectivity index (χ0n) is 36.4. The van der Waals surface area contributed by atoms with Gasteiger partial charge in [0.15, 0.2) is 0 Å². The highest BCUT2D eigenvalue weighted by atomic mass is 15.2. The summed E-state index contributed by atoms with van der Waals surface area (Å²) in [5.41, 5.74) is 20.0. The summed E-state index contributed by atoms with van der Waals surface area (Å²) in [6.45, 7) is 24.4. The Hall–Kier alpha value is -5.34. The minimum Gasteiger partial charge on any atom is -0.338 e. The van der Waals surface area contributed by atoms with Gasteiger partial charge in [-0.2, -0.15) is 0 Å². The summed E-state index contributed by atoms with van der Waals surface area (Å²) < 4.78 is 0.